The second-order valence-electron chi connectivity index (χ2n) is 6.75. The molecule has 31 heavy (non-hydrogen) atoms. The number of aromatic nitrogens is 5. The summed E-state index contributed by atoms with van der Waals surface area (Å²) in [6.07, 6.45) is 3.03. The van der Waals surface area contributed by atoms with Crippen LogP contribution in [0.5, 0.6) is 0 Å². The van der Waals surface area contributed by atoms with Crippen molar-refractivity contribution in [2.75, 3.05) is 11.9 Å². The van der Waals surface area contributed by atoms with E-state index in [0.717, 1.165) is 5.56 Å². The largest absolute Gasteiger partial charge is 0.462 e. The molecular weight excluding hydrogens is 420 g/mol. The van der Waals surface area contributed by atoms with Crippen molar-refractivity contribution in [3.63, 3.8) is 0 Å². The number of esters is 1. The number of anilines is 1. The molecule has 0 saturated carbocycles. The number of halogens is 1. The van der Waals surface area contributed by atoms with Crippen molar-refractivity contribution in [2.24, 2.45) is 7.05 Å². The van der Waals surface area contributed by atoms with Crippen LogP contribution in [0.2, 0.25) is 5.02 Å². The lowest BCUT2D eigenvalue weighted by Crippen LogP contribution is -2.16. The van der Waals surface area contributed by atoms with Crippen molar-refractivity contribution in [2.45, 2.75) is 13.8 Å². The molecule has 4 rings (SSSR count). The predicted octanol–water partition coefficient (Wildman–Crippen LogP) is 3.52. The maximum atomic E-state index is 12.7. The molecule has 1 amide bonds. The second-order valence-corrected chi connectivity index (χ2v) is 7.13. The van der Waals surface area contributed by atoms with Gasteiger partial charge in [0.2, 0.25) is 0 Å². The summed E-state index contributed by atoms with van der Waals surface area (Å²) in [7, 11) is 1.66. The molecule has 0 saturated heterocycles. The molecule has 0 unspecified atom stereocenters. The Hall–Kier alpha value is -3.72. The molecule has 10 heteroatoms. The van der Waals surface area contributed by atoms with E-state index in [1.165, 1.54) is 10.9 Å². The summed E-state index contributed by atoms with van der Waals surface area (Å²) in [5, 5.41) is 11.6. The summed E-state index contributed by atoms with van der Waals surface area (Å²) in [6, 6.07) is 9.02. The molecular formula is C21H19ClN6O3. The van der Waals surface area contributed by atoms with Crippen molar-refractivity contribution in [1.29, 1.82) is 0 Å². The van der Waals surface area contributed by atoms with Crippen LogP contribution in [0.25, 0.3) is 16.9 Å². The van der Waals surface area contributed by atoms with Gasteiger partial charge in [-0.2, -0.15) is 10.2 Å². The van der Waals surface area contributed by atoms with Gasteiger partial charge in [0.15, 0.2) is 5.65 Å². The first-order valence-electron chi connectivity index (χ1n) is 9.51. The summed E-state index contributed by atoms with van der Waals surface area (Å²) < 4.78 is 8.08. The number of nitrogens with one attached hydrogen (secondary N) is 1. The molecule has 0 fully saturated rings. The van der Waals surface area contributed by atoms with Crippen LogP contribution in [-0.2, 0) is 11.8 Å². The minimum Gasteiger partial charge on any atom is -0.462 e. The highest BCUT2D eigenvalue weighted by atomic mass is 35.5. The molecule has 0 spiro atoms. The van der Waals surface area contributed by atoms with Crippen molar-refractivity contribution in [3.05, 3.63) is 64.7 Å². The number of carbonyl (C=O) groups excluding carboxylic acids is 2. The van der Waals surface area contributed by atoms with Crippen molar-refractivity contribution < 1.29 is 14.3 Å². The van der Waals surface area contributed by atoms with E-state index in [1.807, 2.05) is 12.1 Å². The van der Waals surface area contributed by atoms with E-state index in [1.54, 1.807) is 49.8 Å². The fourth-order valence-electron chi connectivity index (χ4n) is 3.29. The number of benzene rings is 1. The Morgan fingerprint density at radius 3 is 2.77 bits per heavy atom. The van der Waals surface area contributed by atoms with Gasteiger partial charge in [0.25, 0.3) is 5.91 Å². The first-order chi connectivity index (χ1) is 14.9. The van der Waals surface area contributed by atoms with Crippen LogP contribution in [0.1, 0.15) is 33.5 Å². The molecule has 1 aromatic carbocycles. The lowest BCUT2D eigenvalue weighted by Gasteiger charge is -2.09. The van der Waals surface area contributed by atoms with Crippen LogP contribution in [0.3, 0.4) is 0 Å². The third kappa shape index (κ3) is 3.75. The van der Waals surface area contributed by atoms with E-state index >= 15 is 0 Å². The molecule has 0 radical (unpaired) electrons. The van der Waals surface area contributed by atoms with Gasteiger partial charge >= 0.3 is 5.97 Å². The standard InChI is InChI=1S/C21H19ClN6O3/c1-4-31-21(30)15-11-24-28-16(8-9-23-19(15)28)13-6-5-7-14(10-13)25-20(29)18-17(22)12(2)26-27(18)3/h5-11H,4H2,1-3H3,(H,25,29). The second kappa shape index (κ2) is 8.19. The Morgan fingerprint density at radius 2 is 2.06 bits per heavy atom. The Kier molecular flexibility index (Phi) is 5.43. The molecule has 0 aliphatic rings. The highest BCUT2D eigenvalue weighted by Gasteiger charge is 2.20. The van der Waals surface area contributed by atoms with E-state index in [0.29, 0.717) is 27.7 Å². The van der Waals surface area contributed by atoms with E-state index in [4.69, 9.17) is 16.3 Å². The average Bonchev–Trinajstić information content (AvgIpc) is 3.28. The summed E-state index contributed by atoms with van der Waals surface area (Å²) in [4.78, 5) is 29.2. The number of amides is 1. The van der Waals surface area contributed by atoms with Gasteiger partial charge in [0, 0.05) is 24.5 Å². The Labute approximate surface area is 182 Å². The number of aryl methyl sites for hydroxylation is 2. The fourth-order valence-corrected chi connectivity index (χ4v) is 3.53. The zero-order valence-corrected chi connectivity index (χ0v) is 17.8. The van der Waals surface area contributed by atoms with Crippen LogP contribution in [0.15, 0.2) is 42.7 Å². The SMILES string of the molecule is CCOC(=O)c1cnn2c(-c3cccc(NC(=O)c4c(Cl)c(C)nn4C)c3)ccnc12. The van der Waals surface area contributed by atoms with Gasteiger partial charge in [-0.25, -0.2) is 14.3 Å². The maximum Gasteiger partial charge on any atom is 0.343 e. The number of ether oxygens (including phenoxy) is 1. The normalized spacial score (nSPS) is 11.0. The van der Waals surface area contributed by atoms with E-state index in [2.05, 4.69) is 20.5 Å². The minimum absolute atomic E-state index is 0.262. The molecule has 9 nitrogen and oxygen atoms in total. The molecule has 158 valence electrons. The van der Waals surface area contributed by atoms with Crippen molar-refractivity contribution in [1.82, 2.24) is 24.4 Å². The van der Waals surface area contributed by atoms with Crippen molar-refractivity contribution >= 4 is 34.8 Å². The number of fused-ring (bicyclic) bond motifs is 1. The van der Waals surface area contributed by atoms with Crippen LogP contribution in [0, 0.1) is 6.92 Å². The van der Waals surface area contributed by atoms with Gasteiger partial charge in [-0.1, -0.05) is 23.7 Å². The number of hydrogen-bond donors (Lipinski definition) is 1. The fraction of sp³-hybridized carbons (Fsp3) is 0.190. The third-order valence-electron chi connectivity index (χ3n) is 4.68. The average molecular weight is 439 g/mol. The smallest absolute Gasteiger partial charge is 0.343 e. The minimum atomic E-state index is -0.480. The van der Waals surface area contributed by atoms with E-state index < -0.39 is 5.97 Å². The highest BCUT2D eigenvalue weighted by Crippen LogP contribution is 2.25. The summed E-state index contributed by atoms with van der Waals surface area (Å²) >= 11 is 6.22. The monoisotopic (exact) mass is 438 g/mol. The van der Waals surface area contributed by atoms with Crippen molar-refractivity contribution in [3.8, 4) is 11.3 Å². The molecule has 1 N–H and O–H groups in total. The number of carbonyl (C=O) groups is 2. The Balaban J connectivity index is 1.68. The Bertz CT molecular complexity index is 1310. The lowest BCUT2D eigenvalue weighted by atomic mass is 10.1. The van der Waals surface area contributed by atoms with Crippen LogP contribution in [-0.4, -0.2) is 42.9 Å². The van der Waals surface area contributed by atoms with Gasteiger partial charge in [-0.05, 0) is 32.0 Å². The van der Waals surface area contributed by atoms with Gasteiger partial charge in [0.1, 0.15) is 11.3 Å². The predicted molar refractivity (Wildman–Crippen MR) is 115 cm³/mol. The molecule has 3 aromatic heterocycles. The lowest BCUT2D eigenvalue weighted by molar-refractivity contribution is 0.0528. The molecule has 3 heterocycles. The van der Waals surface area contributed by atoms with E-state index in [9.17, 15) is 9.59 Å². The number of hydrogen-bond acceptors (Lipinski definition) is 6. The van der Waals surface area contributed by atoms with Gasteiger partial charge in [0.05, 0.1) is 29.2 Å². The molecule has 0 bridgehead atoms. The molecule has 0 aliphatic heterocycles. The highest BCUT2D eigenvalue weighted by molar-refractivity contribution is 6.34. The van der Waals surface area contributed by atoms with Gasteiger partial charge in [-0.3, -0.25) is 9.48 Å². The topological polar surface area (TPSA) is 103 Å². The summed E-state index contributed by atoms with van der Waals surface area (Å²) in [6.45, 7) is 3.74. The van der Waals surface area contributed by atoms with E-state index in [-0.39, 0.29) is 23.8 Å². The quantitative estimate of drug-likeness (QED) is 0.478. The number of nitrogens with zero attached hydrogens (tertiary/aromatic N) is 5. The summed E-state index contributed by atoms with van der Waals surface area (Å²) in [5.74, 6) is -0.847. The van der Waals surface area contributed by atoms with Crippen LogP contribution >= 0.6 is 11.6 Å². The first-order valence-corrected chi connectivity index (χ1v) is 9.89. The first kappa shape index (κ1) is 20.5. The van der Waals surface area contributed by atoms with Crippen LogP contribution < -0.4 is 5.32 Å². The number of rotatable bonds is 5. The zero-order valence-electron chi connectivity index (χ0n) is 17.1. The maximum absolute atomic E-state index is 12.7. The summed E-state index contributed by atoms with van der Waals surface area (Å²) in [5.41, 5.74) is 3.58. The van der Waals surface area contributed by atoms with Gasteiger partial charge < -0.3 is 10.1 Å². The Morgan fingerprint density at radius 1 is 1.26 bits per heavy atom. The van der Waals surface area contributed by atoms with Crippen LogP contribution in [0.4, 0.5) is 5.69 Å². The molecule has 4 aromatic rings. The van der Waals surface area contributed by atoms with Gasteiger partial charge in [-0.15, -0.1) is 0 Å². The zero-order chi connectivity index (χ0) is 22.1. The third-order valence-corrected chi connectivity index (χ3v) is 5.13. The molecule has 0 atom stereocenters. The molecule has 0 aliphatic carbocycles.